The number of ether oxygens (including phenoxy) is 2. The highest BCUT2D eigenvalue weighted by atomic mass is 32.2. The monoisotopic (exact) mass is 504 g/mol. The van der Waals surface area contributed by atoms with Crippen molar-refractivity contribution in [2.45, 2.75) is 44.6 Å². The Morgan fingerprint density at radius 2 is 2.03 bits per heavy atom. The molecule has 1 aliphatic rings. The second kappa shape index (κ2) is 10.8. The first-order valence-electron chi connectivity index (χ1n) is 11.2. The summed E-state index contributed by atoms with van der Waals surface area (Å²) in [5.74, 6) is 0.450. The SMILES string of the molecule is COc1ccc(-c2sc(NC(C)C3CCOCC3)nc2C)cc1S(=O)Nc1c(C)cncc1F. The van der Waals surface area contributed by atoms with Crippen LogP contribution in [-0.4, -0.2) is 40.5 Å². The molecule has 0 radical (unpaired) electrons. The van der Waals surface area contributed by atoms with Gasteiger partial charge in [-0.05, 0) is 68.9 Å². The van der Waals surface area contributed by atoms with Crippen molar-refractivity contribution in [1.29, 1.82) is 0 Å². The second-order valence-corrected chi connectivity index (χ2v) is 10.5. The highest BCUT2D eigenvalue weighted by molar-refractivity contribution is 7.86. The molecule has 3 aromatic rings. The van der Waals surface area contributed by atoms with Crippen LogP contribution in [0.2, 0.25) is 0 Å². The number of methoxy groups -OCH3 is 1. The first-order valence-corrected chi connectivity index (χ1v) is 13.1. The quantitative estimate of drug-likeness (QED) is 0.431. The molecule has 2 N–H and O–H groups in total. The minimum atomic E-state index is -1.75. The number of thiazole rings is 1. The van der Waals surface area contributed by atoms with Crippen LogP contribution in [0.3, 0.4) is 0 Å². The van der Waals surface area contributed by atoms with Crippen molar-refractivity contribution in [1.82, 2.24) is 9.97 Å². The summed E-state index contributed by atoms with van der Waals surface area (Å²) in [5.41, 5.74) is 2.48. The van der Waals surface area contributed by atoms with Gasteiger partial charge in [-0.1, -0.05) is 11.3 Å². The summed E-state index contributed by atoms with van der Waals surface area (Å²) >= 11 is 1.57. The average Bonchev–Trinajstić information content (AvgIpc) is 3.21. The molecule has 7 nitrogen and oxygen atoms in total. The topological polar surface area (TPSA) is 85.4 Å². The van der Waals surface area contributed by atoms with Crippen molar-refractivity contribution in [3.63, 3.8) is 0 Å². The minimum absolute atomic E-state index is 0.156. The van der Waals surface area contributed by atoms with Crippen LogP contribution in [0.4, 0.5) is 15.2 Å². The van der Waals surface area contributed by atoms with Crippen molar-refractivity contribution in [2.24, 2.45) is 5.92 Å². The van der Waals surface area contributed by atoms with Crippen LogP contribution in [0.15, 0.2) is 35.5 Å². The summed E-state index contributed by atoms with van der Waals surface area (Å²) in [7, 11) is -0.229. The molecule has 3 heterocycles. The molecule has 0 spiro atoms. The summed E-state index contributed by atoms with van der Waals surface area (Å²) in [6.07, 6.45) is 4.71. The number of aromatic nitrogens is 2. The van der Waals surface area contributed by atoms with Crippen LogP contribution in [0.1, 0.15) is 31.0 Å². The lowest BCUT2D eigenvalue weighted by molar-refractivity contribution is 0.0622. The molecule has 1 aliphatic heterocycles. The van der Waals surface area contributed by atoms with Gasteiger partial charge in [0, 0.05) is 25.5 Å². The van der Waals surface area contributed by atoms with E-state index in [2.05, 4.69) is 21.9 Å². The Hall–Kier alpha value is -2.56. The fourth-order valence-corrected chi connectivity index (χ4v) is 6.21. The summed E-state index contributed by atoms with van der Waals surface area (Å²) in [6, 6.07) is 5.80. The molecule has 1 saturated heterocycles. The summed E-state index contributed by atoms with van der Waals surface area (Å²) in [4.78, 5) is 9.95. The molecule has 1 aromatic carbocycles. The van der Waals surface area contributed by atoms with E-state index in [0.29, 0.717) is 28.2 Å². The maximum atomic E-state index is 14.2. The van der Waals surface area contributed by atoms with E-state index in [9.17, 15) is 8.60 Å². The molecule has 2 aromatic heterocycles. The zero-order chi connectivity index (χ0) is 24.2. The van der Waals surface area contributed by atoms with E-state index in [0.717, 1.165) is 53.5 Å². The lowest BCUT2D eigenvalue weighted by Gasteiger charge is -2.28. The van der Waals surface area contributed by atoms with E-state index in [1.807, 2.05) is 19.1 Å². The lowest BCUT2D eigenvalue weighted by atomic mass is 9.93. The maximum Gasteiger partial charge on any atom is 0.183 e. The van der Waals surface area contributed by atoms with Crippen LogP contribution in [0.5, 0.6) is 5.75 Å². The third-order valence-electron chi connectivity index (χ3n) is 6.03. The minimum Gasteiger partial charge on any atom is -0.495 e. The van der Waals surface area contributed by atoms with Crippen LogP contribution >= 0.6 is 11.3 Å². The highest BCUT2D eigenvalue weighted by Gasteiger charge is 2.22. The number of rotatable bonds is 8. The van der Waals surface area contributed by atoms with E-state index in [1.54, 1.807) is 24.3 Å². The number of benzene rings is 1. The van der Waals surface area contributed by atoms with Gasteiger partial charge in [0.15, 0.2) is 21.9 Å². The first-order chi connectivity index (χ1) is 16.4. The smallest absolute Gasteiger partial charge is 0.183 e. The number of hydrogen-bond acceptors (Lipinski definition) is 7. The molecule has 10 heteroatoms. The van der Waals surface area contributed by atoms with Crippen molar-refractivity contribution >= 4 is 33.1 Å². The fraction of sp³-hybridized carbons (Fsp3) is 0.417. The van der Waals surface area contributed by atoms with Gasteiger partial charge in [-0.25, -0.2) is 13.6 Å². The molecule has 2 unspecified atom stereocenters. The zero-order valence-corrected chi connectivity index (χ0v) is 21.3. The number of halogens is 1. The molecule has 0 saturated carbocycles. The standard InChI is InChI=1S/C24H29FN4O3S2/c1-14-12-26-13-19(25)22(14)29-34(30)21-11-18(5-6-20(21)31-4)23-16(3)28-24(33-23)27-15(2)17-7-9-32-10-8-17/h5-6,11-13,15,17H,7-10H2,1-4H3,(H,26,29)(H,27,28). The van der Waals surface area contributed by atoms with E-state index < -0.39 is 16.8 Å². The van der Waals surface area contributed by atoms with Gasteiger partial charge in [-0.3, -0.25) is 9.71 Å². The maximum absolute atomic E-state index is 14.2. The first kappa shape index (κ1) is 24.6. The Morgan fingerprint density at radius 3 is 2.74 bits per heavy atom. The second-order valence-electron chi connectivity index (χ2n) is 8.37. The molecule has 1 fully saturated rings. The van der Waals surface area contributed by atoms with Crippen molar-refractivity contribution in [3.05, 3.63) is 47.7 Å². The van der Waals surface area contributed by atoms with Gasteiger partial charge in [-0.2, -0.15) is 0 Å². The highest BCUT2D eigenvalue weighted by Crippen LogP contribution is 2.37. The Labute approximate surface area is 205 Å². The van der Waals surface area contributed by atoms with Gasteiger partial charge in [-0.15, -0.1) is 0 Å². The molecule has 2 atom stereocenters. The molecule has 182 valence electrons. The third kappa shape index (κ3) is 5.39. The molecular formula is C24H29FN4O3S2. The Kier molecular flexibility index (Phi) is 7.80. The van der Waals surface area contributed by atoms with E-state index in [4.69, 9.17) is 14.5 Å². The van der Waals surface area contributed by atoms with Gasteiger partial charge in [0.25, 0.3) is 0 Å². The Morgan fingerprint density at radius 1 is 1.26 bits per heavy atom. The number of aryl methyl sites for hydroxylation is 2. The number of anilines is 2. The Bertz CT molecular complexity index is 1160. The van der Waals surface area contributed by atoms with Crippen LogP contribution in [-0.2, 0) is 15.7 Å². The molecule has 34 heavy (non-hydrogen) atoms. The van der Waals surface area contributed by atoms with E-state index in [-0.39, 0.29) is 5.69 Å². The third-order valence-corrected chi connectivity index (χ3v) is 8.28. The number of pyridine rings is 1. The lowest BCUT2D eigenvalue weighted by Crippen LogP contribution is -2.30. The predicted molar refractivity (Wildman–Crippen MR) is 134 cm³/mol. The van der Waals surface area contributed by atoms with Gasteiger partial charge in [0.1, 0.15) is 10.6 Å². The Balaban J connectivity index is 1.58. The van der Waals surface area contributed by atoms with Crippen LogP contribution in [0, 0.1) is 25.6 Å². The number of nitrogens with one attached hydrogen (secondary N) is 2. The zero-order valence-electron chi connectivity index (χ0n) is 19.7. The van der Waals surface area contributed by atoms with Gasteiger partial charge < -0.3 is 14.8 Å². The van der Waals surface area contributed by atoms with Crippen LogP contribution < -0.4 is 14.8 Å². The van der Waals surface area contributed by atoms with Gasteiger partial charge in [0.2, 0.25) is 0 Å². The van der Waals surface area contributed by atoms with Crippen LogP contribution in [0.25, 0.3) is 10.4 Å². The van der Waals surface area contributed by atoms with Gasteiger partial charge >= 0.3 is 0 Å². The largest absolute Gasteiger partial charge is 0.495 e. The summed E-state index contributed by atoms with van der Waals surface area (Å²) < 4.78 is 41.1. The molecule has 4 rings (SSSR count). The van der Waals surface area contributed by atoms with Crippen molar-refractivity contribution in [2.75, 3.05) is 30.4 Å². The number of nitrogens with zero attached hydrogens (tertiary/aromatic N) is 2. The molecule has 0 bridgehead atoms. The molecular weight excluding hydrogens is 475 g/mol. The van der Waals surface area contributed by atoms with E-state index >= 15 is 0 Å². The average molecular weight is 505 g/mol. The van der Waals surface area contributed by atoms with Gasteiger partial charge in [0.05, 0.1) is 29.6 Å². The van der Waals surface area contributed by atoms with Crippen molar-refractivity contribution < 1.29 is 18.1 Å². The number of hydrogen-bond donors (Lipinski definition) is 2. The summed E-state index contributed by atoms with van der Waals surface area (Å²) in [6.45, 7) is 7.47. The summed E-state index contributed by atoms with van der Waals surface area (Å²) in [5, 5.41) is 4.41. The molecule has 0 amide bonds. The molecule has 0 aliphatic carbocycles. The van der Waals surface area contributed by atoms with Crippen molar-refractivity contribution in [3.8, 4) is 16.2 Å². The van der Waals surface area contributed by atoms with E-state index in [1.165, 1.54) is 13.3 Å². The normalized spacial score (nSPS) is 16.1. The predicted octanol–water partition coefficient (Wildman–Crippen LogP) is 5.33. The fourth-order valence-electron chi connectivity index (χ4n) is 4.03.